The second-order valence-electron chi connectivity index (χ2n) is 8.93. The van der Waals surface area contributed by atoms with Crippen molar-refractivity contribution >= 4 is 39.8 Å². The Hall–Kier alpha value is -1.52. The Bertz CT molecular complexity index is 756. The molecule has 0 fully saturated rings. The van der Waals surface area contributed by atoms with Gasteiger partial charge in [-0.1, -0.05) is 83.9 Å². The van der Waals surface area contributed by atoms with Crippen molar-refractivity contribution in [3.05, 3.63) is 11.6 Å². The molecule has 0 amide bonds. The maximum Gasteiger partial charge on any atom is 0.275 e. The third kappa shape index (κ3) is 10.8. The van der Waals surface area contributed by atoms with E-state index in [-0.39, 0.29) is 0 Å². The van der Waals surface area contributed by atoms with E-state index in [1.54, 1.807) is 0 Å². The third-order valence-electron chi connectivity index (χ3n) is 6.23. The van der Waals surface area contributed by atoms with E-state index in [4.69, 9.17) is 18.0 Å². The largest absolute Gasteiger partial charge is 0.384 e. The van der Waals surface area contributed by atoms with Gasteiger partial charge >= 0.3 is 0 Å². The SMILES string of the molecule is CCCCCCCCNc1cc(N)[n+](CCCCCCCC)c(SC(=S)N(CC)CC)c1C#N. The zero-order valence-electron chi connectivity index (χ0n) is 22.1. The van der Waals surface area contributed by atoms with Gasteiger partial charge in [0.1, 0.15) is 16.0 Å². The number of aromatic nitrogens is 1. The van der Waals surface area contributed by atoms with Crippen LogP contribution in [0.5, 0.6) is 0 Å². The summed E-state index contributed by atoms with van der Waals surface area (Å²) < 4.78 is 2.90. The highest BCUT2D eigenvalue weighted by atomic mass is 32.2. The fraction of sp³-hybridized carbons (Fsp3) is 0.741. The zero-order valence-corrected chi connectivity index (χ0v) is 23.8. The Morgan fingerprint density at radius 3 is 2.09 bits per heavy atom. The molecule has 1 rings (SSSR count). The van der Waals surface area contributed by atoms with Gasteiger partial charge < -0.3 is 10.2 Å². The Morgan fingerprint density at radius 2 is 1.53 bits per heavy atom. The van der Waals surface area contributed by atoms with Gasteiger partial charge in [-0.15, -0.1) is 0 Å². The predicted molar refractivity (Wildman–Crippen MR) is 152 cm³/mol. The summed E-state index contributed by atoms with van der Waals surface area (Å²) >= 11 is 7.26. The van der Waals surface area contributed by atoms with E-state index in [0.29, 0.717) is 11.4 Å². The van der Waals surface area contributed by atoms with Gasteiger partial charge in [-0.25, -0.2) is 4.57 Å². The summed E-state index contributed by atoms with van der Waals surface area (Å²) in [5, 5.41) is 14.5. The molecule has 7 heteroatoms. The maximum absolute atomic E-state index is 10.1. The Morgan fingerprint density at radius 1 is 0.971 bits per heavy atom. The van der Waals surface area contributed by atoms with Crippen LogP contribution in [0.1, 0.15) is 110 Å². The normalized spacial score (nSPS) is 10.8. The number of thioether (sulfide) groups is 1. The van der Waals surface area contributed by atoms with Gasteiger partial charge in [0.25, 0.3) is 5.82 Å². The molecule has 0 saturated heterocycles. The van der Waals surface area contributed by atoms with Crippen molar-refractivity contribution in [3.8, 4) is 6.07 Å². The van der Waals surface area contributed by atoms with Crippen LogP contribution >= 0.6 is 24.0 Å². The monoisotopic (exact) mass is 506 g/mol. The summed E-state index contributed by atoms with van der Waals surface area (Å²) in [6.45, 7) is 12.1. The Balaban J connectivity index is 3.02. The molecule has 0 atom stereocenters. The molecule has 0 aliphatic rings. The molecule has 5 nitrogen and oxygen atoms in total. The number of hydrogen-bond acceptors (Lipinski definition) is 5. The van der Waals surface area contributed by atoms with Gasteiger partial charge in [0.05, 0.1) is 18.3 Å². The molecular formula is C27H48N5S2+. The molecule has 1 aromatic heterocycles. The van der Waals surface area contributed by atoms with Crippen LogP contribution in [-0.2, 0) is 6.54 Å². The fourth-order valence-electron chi connectivity index (χ4n) is 4.06. The lowest BCUT2D eigenvalue weighted by Gasteiger charge is -2.22. The molecule has 0 spiro atoms. The van der Waals surface area contributed by atoms with Crippen molar-refractivity contribution in [1.82, 2.24) is 4.90 Å². The minimum Gasteiger partial charge on any atom is -0.384 e. The van der Waals surface area contributed by atoms with Gasteiger partial charge in [-0.2, -0.15) is 5.26 Å². The molecule has 3 N–H and O–H groups in total. The maximum atomic E-state index is 10.1. The minimum atomic E-state index is 0.658. The van der Waals surface area contributed by atoms with Crippen molar-refractivity contribution in [3.63, 3.8) is 0 Å². The number of nitrogen functional groups attached to an aromatic ring is 1. The van der Waals surface area contributed by atoms with Crippen molar-refractivity contribution in [2.24, 2.45) is 0 Å². The van der Waals surface area contributed by atoms with E-state index >= 15 is 0 Å². The van der Waals surface area contributed by atoms with Gasteiger partial charge in [0.15, 0.2) is 5.03 Å². The molecule has 1 aromatic rings. The lowest BCUT2D eigenvalue weighted by Crippen LogP contribution is -2.41. The molecule has 0 saturated carbocycles. The van der Waals surface area contributed by atoms with Crippen LogP contribution < -0.4 is 15.6 Å². The first-order chi connectivity index (χ1) is 16.5. The Labute approximate surface area is 218 Å². The highest BCUT2D eigenvalue weighted by Crippen LogP contribution is 2.29. The highest BCUT2D eigenvalue weighted by Gasteiger charge is 2.24. The van der Waals surface area contributed by atoms with E-state index < -0.39 is 0 Å². The summed E-state index contributed by atoms with van der Waals surface area (Å²) in [4.78, 5) is 2.16. The smallest absolute Gasteiger partial charge is 0.275 e. The molecule has 0 bridgehead atoms. The summed E-state index contributed by atoms with van der Waals surface area (Å²) in [5.74, 6) is 0.697. The summed E-state index contributed by atoms with van der Waals surface area (Å²) in [5.41, 5.74) is 8.04. The highest BCUT2D eigenvalue weighted by molar-refractivity contribution is 8.22. The topological polar surface area (TPSA) is 69.0 Å². The van der Waals surface area contributed by atoms with Crippen LogP contribution in [0, 0.1) is 11.3 Å². The molecule has 0 aliphatic carbocycles. The van der Waals surface area contributed by atoms with Gasteiger partial charge in [-0.3, -0.25) is 5.73 Å². The number of nitrogens with two attached hydrogens (primary N) is 1. The second-order valence-corrected chi connectivity index (χ2v) is 10.6. The minimum absolute atomic E-state index is 0.658. The quantitative estimate of drug-likeness (QED) is 0.0943. The zero-order chi connectivity index (χ0) is 25.2. The lowest BCUT2D eigenvalue weighted by molar-refractivity contribution is -0.719. The van der Waals surface area contributed by atoms with Gasteiger partial charge in [0, 0.05) is 19.6 Å². The molecular weight excluding hydrogens is 458 g/mol. The molecule has 192 valence electrons. The average Bonchev–Trinajstić information content (AvgIpc) is 2.83. The van der Waals surface area contributed by atoms with E-state index in [1.807, 2.05) is 6.07 Å². The molecule has 0 unspecified atom stereocenters. The van der Waals surface area contributed by atoms with Crippen LogP contribution in [0.2, 0.25) is 0 Å². The van der Waals surface area contributed by atoms with Crippen LogP contribution in [0.3, 0.4) is 0 Å². The van der Waals surface area contributed by atoms with Crippen LogP contribution in [0.15, 0.2) is 11.1 Å². The van der Waals surface area contributed by atoms with Crippen LogP contribution in [-0.4, -0.2) is 28.9 Å². The van der Waals surface area contributed by atoms with Crippen molar-refractivity contribution in [2.45, 2.75) is 116 Å². The molecule has 0 aromatic carbocycles. The lowest BCUT2D eigenvalue weighted by atomic mass is 10.1. The average molecular weight is 507 g/mol. The third-order valence-corrected chi connectivity index (χ3v) is 7.79. The number of anilines is 2. The summed E-state index contributed by atoms with van der Waals surface area (Å²) in [7, 11) is 0. The number of nitriles is 1. The molecule has 0 aliphatic heterocycles. The number of hydrogen-bond donors (Lipinski definition) is 2. The molecule has 1 heterocycles. The first-order valence-electron chi connectivity index (χ1n) is 13.5. The van der Waals surface area contributed by atoms with Gasteiger partial charge in [-0.05, 0) is 44.9 Å². The van der Waals surface area contributed by atoms with Crippen LogP contribution in [0.25, 0.3) is 0 Å². The van der Waals surface area contributed by atoms with Gasteiger partial charge in [0.2, 0.25) is 0 Å². The van der Waals surface area contributed by atoms with E-state index in [0.717, 1.165) is 54.1 Å². The number of pyridine rings is 1. The van der Waals surface area contributed by atoms with Crippen molar-refractivity contribution < 1.29 is 4.57 Å². The van der Waals surface area contributed by atoms with E-state index in [2.05, 4.69) is 48.5 Å². The second kappa shape index (κ2) is 18.8. The fourth-order valence-corrected chi connectivity index (χ4v) is 5.67. The standard InChI is InChI=1S/C27H47N5S2/c1-5-9-11-13-15-17-19-30-24-21-25(29)32(20-18-16-14-12-10-6-2)26(23(24)22-28)34-27(33)31(7-3)8-4/h21H,5-20H2,1-4H3,(H2,29,30)/p+1. The van der Waals surface area contributed by atoms with E-state index in [1.165, 1.54) is 76.0 Å². The first kappa shape index (κ1) is 30.5. The molecule has 0 radical (unpaired) electrons. The first-order valence-corrected chi connectivity index (χ1v) is 14.7. The number of nitrogens with one attached hydrogen (secondary N) is 1. The molecule has 34 heavy (non-hydrogen) atoms. The number of thiocarbonyl (C=S) groups is 1. The summed E-state index contributed by atoms with van der Waals surface area (Å²) in [6, 6.07) is 4.40. The van der Waals surface area contributed by atoms with Crippen molar-refractivity contribution in [1.29, 1.82) is 5.26 Å². The van der Waals surface area contributed by atoms with Crippen molar-refractivity contribution in [2.75, 3.05) is 30.7 Å². The summed E-state index contributed by atoms with van der Waals surface area (Å²) in [6.07, 6.45) is 14.8. The van der Waals surface area contributed by atoms with E-state index in [9.17, 15) is 5.26 Å². The predicted octanol–water partition coefficient (Wildman–Crippen LogP) is 7.28. The number of rotatable bonds is 18. The number of unbranched alkanes of at least 4 members (excludes halogenated alkanes) is 10. The Kier molecular flexibility index (Phi) is 16.8. The number of nitrogens with zero attached hydrogens (tertiary/aromatic N) is 3. The van der Waals surface area contributed by atoms with Crippen LogP contribution in [0.4, 0.5) is 11.5 Å².